The van der Waals surface area contributed by atoms with E-state index in [1.807, 2.05) is 60.7 Å². The van der Waals surface area contributed by atoms with Crippen LogP contribution in [0.5, 0.6) is 5.75 Å². The van der Waals surface area contributed by atoms with Gasteiger partial charge in [0.15, 0.2) is 0 Å². The lowest BCUT2D eigenvalue weighted by atomic mass is 10.0. The van der Waals surface area contributed by atoms with Gasteiger partial charge >= 0.3 is 5.97 Å². The lowest BCUT2D eigenvalue weighted by Gasteiger charge is -2.26. The molecule has 0 saturated carbocycles. The van der Waals surface area contributed by atoms with Crippen LogP contribution >= 0.6 is 0 Å². The molecule has 1 amide bonds. The maximum absolute atomic E-state index is 13.6. The molecule has 32 heavy (non-hydrogen) atoms. The van der Waals surface area contributed by atoms with Crippen molar-refractivity contribution in [2.75, 3.05) is 17.2 Å². The molecular weight excluding hydrogens is 406 g/mol. The number of carbonyl (C=O) groups is 2. The van der Waals surface area contributed by atoms with Crippen LogP contribution in [0.25, 0.3) is 0 Å². The van der Waals surface area contributed by atoms with Crippen LogP contribution in [-0.2, 0) is 22.6 Å². The molecule has 3 aromatic carbocycles. The Balaban J connectivity index is 1.60. The molecule has 0 aromatic heterocycles. The molecule has 3 aromatic rings. The summed E-state index contributed by atoms with van der Waals surface area (Å²) in [4.78, 5) is 27.1. The maximum Gasteiger partial charge on any atom is 0.321 e. The molecule has 7 nitrogen and oxygen atoms in total. The average Bonchev–Trinajstić information content (AvgIpc) is 2.93. The second-order valence-corrected chi connectivity index (χ2v) is 7.74. The van der Waals surface area contributed by atoms with Gasteiger partial charge in [0.2, 0.25) is 5.91 Å². The number of nitrogen functional groups attached to an aromatic ring is 1. The van der Waals surface area contributed by atoms with Crippen molar-refractivity contribution in [1.29, 1.82) is 0 Å². The molecule has 1 heterocycles. The van der Waals surface area contributed by atoms with Gasteiger partial charge in [-0.15, -0.1) is 0 Å². The molecule has 1 aliphatic rings. The summed E-state index contributed by atoms with van der Waals surface area (Å²) < 4.78 is 5.91. The predicted octanol–water partition coefficient (Wildman–Crippen LogP) is 2.85. The second kappa shape index (κ2) is 9.53. The Hall–Kier alpha value is -3.84. The van der Waals surface area contributed by atoms with E-state index in [2.05, 4.69) is 5.32 Å². The normalized spacial score (nSPS) is 16.6. The number of nitrogens with two attached hydrogens (primary N) is 1. The molecule has 1 aliphatic heterocycles. The van der Waals surface area contributed by atoms with Gasteiger partial charge in [-0.3, -0.25) is 14.9 Å². The lowest BCUT2D eigenvalue weighted by Crippen LogP contribution is -2.54. The number of rotatable bonds is 7. The minimum atomic E-state index is -1.02. The van der Waals surface area contributed by atoms with Gasteiger partial charge in [0.25, 0.3) is 0 Å². The smallest absolute Gasteiger partial charge is 0.321 e. The number of carboxylic acid groups (broad SMARTS) is 1. The minimum absolute atomic E-state index is 0.0344. The summed E-state index contributed by atoms with van der Waals surface area (Å²) in [5, 5.41) is 12.8. The number of carboxylic acids is 1. The highest BCUT2D eigenvalue weighted by Gasteiger charge is 2.34. The van der Waals surface area contributed by atoms with Crippen molar-refractivity contribution in [2.45, 2.75) is 25.0 Å². The first-order valence-electron chi connectivity index (χ1n) is 10.4. The number of para-hydroxylation sites is 2. The van der Waals surface area contributed by atoms with Gasteiger partial charge in [-0.1, -0.05) is 54.6 Å². The Morgan fingerprint density at radius 1 is 1.03 bits per heavy atom. The van der Waals surface area contributed by atoms with Crippen molar-refractivity contribution in [3.05, 3.63) is 90.0 Å². The second-order valence-electron chi connectivity index (χ2n) is 7.74. The van der Waals surface area contributed by atoms with Crippen LogP contribution in [0.1, 0.15) is 11.1 Å². The van der Waals surface area contributed by atoms with E-state index in [-0.39, 0.29) is 18.9 Å². The third-order valence-corrected chi connectivity index (χ3v) is 5.43. The molecule has 0 radical (unpaired) electrons. The van der Waals surface area contributed by atoms with Gasteiger partial charge in [0.1, 0.15) is 24.4 Å². The maximum atomic E-state index is 13.6. The van der Waals surface area contributed by atoms with Gasteiger partial charge in [0.05, 0.1) is 12.2 Å². The van der Waals surface area contributed by atoms with Crippen molar-refractivity contribution >= 4 is 23.3 Å². The van der Waals surface area contributed by atoms with Crippen LogP contribution in [0.4, 0.5) is 11.4 Å². The van der Waals surface area contributed by atoms with Crippen LogP contribution in [-0.4, -0.2) is 35.7 Å². The van der Waals surface area contributed by atoms with E-state index in [4.69, 9.17) is 10.5 Å². The summed E-state index contributed by atoms with van der Waals surface area (Å²) in [6, 6.07) is 22.2. The number of aliphatic carboxylic acids is 1. The molecule has 0 fully saturated rings. The molecule has 7 heteroatoms. The van der Waals surface area contributed by atoms with E-state index in [9.17, 15) is 14.7 Å². The number of hydrogen-bond donors (Lipinski definition) is 3. The number of fused-ring (bicyclic) bond motifs is 1. The van der Waals surface area contributed by atoms with Gasteiger partial charge < -0.3 is 20.5 Å². The van der Waals surface area contributed by atoms with Crippen LogP contribution in [0.15, 0.2) is 78.9 Å². The third-order valence-electron chi connectivity index (χ3n) is 5.43. The molecule has 0 aliphatic carbocycles. The first-order valence-corrected chi connectivity index (χ1v) is 10.4. The van der Waals surface area contributed by atoms with E-state index in [0.29, 0.717) is 23.7 Å². The molecular formula is C25H25N3O4. The van der Waals surface area contributed by atoms with E-state index in [1.54, 1.807) is 23.1 Å². The predicted molar refractivity (Wildman–Crippen MR) is 122 cm³/mol. The molecule has 1 unspecified atom stereocenters. The van der Waals surface area contributed by atoms with Gasteiger partial charge in [-0.05, 0) is 41.8 Å². The van der Waals surface area contributed by atoms with Crippen LogP contribution in [0.3, 0.4) is 0 Å². The number of anilines is 2. The van der Waals surface area contributed by atoms with E-state index >= 15 is 0 Å². The van der Waals surface area contributed by atoms with Crippen molar-refractivity contribution < 1.29 is 19.4 Å². The van der Waals surface area contributed by atoms with Crippen LogP contribution in [0.2, 0.25) is 0 Å². The zero-order valence-corrected chi connectivity index (χ0v) is 17.5. The minimum Gasteiger partial charge on any atom is -0.489 e. The Morgan fingerprint density at radius 2 is 1.72 bits per heavy atom. The van der Waals surface area contributed by atoms with E-state index in [0.717, 1.165) is 11.1 Å². The Kier molecular flexibility index (Phi) is 6.37. The van der Waals surface area contributed by atoms with E-state index < -0.39 is 18.1 Å². The number of carbonyl (C=O) groups excluding carboxylic acids is 1. The van der Waals surface area contributed by atoms with Gasteiger partial charge in [-0.2, -0.15) is 0 Å². The first-order chi connectivity index (χ1) is 15.5. The SMILES string of the molecule is Nc1ccc(CN2C(=O)C(N[C@@H](Cc3ccccc3)C(=O)O)COc3ccccc32)cc1. The van der Waals surface area contributed by atoms with Crippen molar-refractivity contribution in [1.82, 2.24) is 5.32 Å². The fourth-order valence-electron chi connectivity index (χ4n) is 3.75. The Labute approximate surface area is 186 Å². The quantitative estimate of drug-likeness (QED) is 0.497. The molecule has 0 spiro atoms. The highest BCUT2D eigenvalue weighted by molar-refractivity contribution is 5.99. The Bertz CT molecular complexity index is 1090. The largest absolute Gasteiger partial charge is 0.489 e. The highest BCUT2D eigenvalue weighted by atomic mass is 16.5. The molecule has 164 valence electrons. The molecule has 4 N–H and O–H groups in total. The fourth-order valence-corrected chi connectivity index (χ4v) is 3.75. The van der Waals surface area contributed by atoms with Crippen LogP contribution in [0, 0.1) is 0 Å². The van der Waals surface area contributed by atoms with Crippen molar-refractivity contribution in [2.24, 2.45) is 0 Å². The van der Waals surface area contributed by atoms with Gasteiger partial charge in [-0.25, -0.2) is 0 Å². The number of amides is 1. The standard InChI is InChI=1S/C25H25N3O4/c26-19-12-10-18(11-13-19)15-28-22-8-4-5-9-23(22)32-16-21(24(28)29)27-20(25(30)31)14-17-6-2-1-3-7-17/h1-13,20-21,27H,14-16,26H2,(H,30,31)/t20-,21?/m0/s1. The van der Waals surface area contributed by atoms with E-state index in [1.165, 1.54) is 0 Å². The number of nitrogens with one attached hydrogen (secondary N) is 1. The summed E-state index contributed by atoms with van der Waals surface area (Å²) in [5.74, 6) is -0.685. The summed E-state index contributed by atoms with van der Waals surface area (Å²) in [5.41, 5.74) is 8.86. The zero-order valence-electron chi connectivity index (χ0n) is 17.5. The first kappa shape index (κ1) is 21.4. The topological polar surface area (TPSA) is 105 Å². The third kappa shape index (κ3) is 4.90. The number of ether oxygens (including phenoxy) is 1. The number of hydrogen-bond acceptors (Lipinski definition) is 5. The summed E-state index contributed by atoms with van der Waals surface area (Å²) in [6.45, 7) is 0.348. The monoisotopic (exact) mass is 431 g/mol. The lowest BCUT2D eigenvalue weighted by molar-refractivity contribution is -0.140. The zero-order chi connectivity index (χ0) is 22.5. The van der Waals surface area contributed by atoms with Gasteiger partial charge in [0, 0.05) is 5.69 Å². The highest BCUT2D eigenvalue weighted by Crippen LogP contribution is 2.32. The Morgan fingerprint density at radius 3 is 2.44 bits per heavy atom. The summed E-state index contributed by atoms with van der Waals surface area (Å²) >= 11 is 0. The number of nitrogens with zero attached hydrogens (tertiary/aromatic N) is 1. The average molecular weight is 431 g/mol. The molecule has 0 bridgehead atoms. The molecule has 2 atom stereocenters. The summed E-state index contributed by atoms with van der Waals surface area (Å²) in [7, 11) is 0. The number of benzene rings is 3. The van der Waals surface area contributed by atoms with Crippen molar-refractivity contribution in [3.63, 3.8) is 0 Å². The van der Waals surface area contributed by atoms with Crippen molar-refractivity contribution in [3.8, 4) is 5.75 Å². The molecule has 0 saturated heterocycles. The summed E-state index contributed by atoms with van der Waals surface area (Å²) in [6.07, 6.45) is 0.255. The van der Waals surface area contributed by atoms with Crippen LogP contribution < -0.4 is 20.7 Å². The fraction of sp³-hybridized carbons (Fsp3) is 0.200. The molecule has 4 rings (SSSR count).